The Bertz CT molecular complexity index is 2240. The summed E-state index contributed by atoms with van der Waals surface area (Å²) in [5.74, 6) is -0.0284. The smallest absolute Gasteiger partial charge is 0.268 e. The van der Waals surface area contributed by atoms with Gasteiger partial charge in [0.1, 0.15) is 11.5 Å². The van der Waals surface area contributed by atoms with Crippen molar-refractivity contribution in [3.05, 3.63) is 124 Å². The van der Waals surface area contributed by atoms with Gasteiger partial charge in [-0.25, -0.2) is 13.1 Å². The number of hydrogen-bond acceptors (Lipinski definition) is 6. The minimum atomic E-state index is -4.19. The highest BCUT2D eigenvalue weighted by Gasteiger charge is 2.30. The second kappa shape index (κ2) is 14.4. The number of anilines is 1. The van der Waals surface area contributed by atoms with Crippen molar-refractivity contribution < 1.29 is 17.9 Å². The molecule has 11 heteroatoms. The molecule has 0 bridgehead atoms. The van der Waals surface area contributed by atoms with E-state index in [2.05, 4.69) is 45.5 Å². The molecule has 0 saturated carbocycles. The van der Waals surface area contributed by atoms with Gasteiger partial charge in [0.05, 0.1) is 10.5 Å². The van der Waals surface area contributed by atoms with E-state index in [0.717, 1.165) is 79.2 Å². The largest absolute Gasteiger partial charge is 0.456 e. The molecule has 1 aliphatic heterocycles. The van der Waals surface area contributed by atoms with Gasteiger partial charge in [0, 0.05) is 71.6 Å². The van der Waals surface area contributed by atoms with Crippen molar-refractivity contribution in [3.8, 4) is 11.5 Å². The predicted molar refractivity (Wildman–Crippen MR) is 206 cm³/mol. The van der Waals surface area contributed by atoms with Crippen LogP contribution in [0.25, 0.3) is 16.5 Å². The zero-order valence-electron chi connectivity index (χ0n) is 28.6. The van der Waals surface area contributed by atoms with Crippen LogP contribution >= 0.6 is 23.2 Å². The maximum absolute atomic E-state index is 13.6. The number of hydrogen-bond donors (Lipinski definition) is 2. The number of carbonyl (C=O) groups is 1. The first kappa shape index (κ1) is 35.1. The number of aromatic nitrogens is 1. The van der Waals surface area contributed by atoms with E-state index in [4.69, 9.17) is 27.9 Å². The SMILES string of the molecule is CC1(C)CCC(CN2CCN(c3ccc(C(=O)NS(=O)(=O)c4cccc(Cl)c4)c(Oc4ccc5[nH]ccc5c4)c3)CC2)=C(c2ccccc2Cl)C1. The summed E-state index contributed by atoms with van der Waals surface area (Å²) in [6.45, 7) is 8.87. The Kier molecular flexibility index (Phi) is 9.91. The number of amides is 1. The van der Waals surface area contributed by atoms with Crippen molar-refractivity contribution in [1.29, 1.82) is 0 Å². The molecular weight excluding hydrogens is 703 g/mol. The number of halogens is 2. The third-order valence-electron chi connectivity index (χ3n) is 9.83. The fraction of sp³-hybridized carbons (Fsp3) is 0.275. The summed E-state index contributed by atoms with van der Waals surface area (Å²) in [5, 5.41) is 2.00. The van der Waals surface area contributed by atoms with Crippen molar-refractivity contribution in [2.75, 3.05) is 37.6 Å². The molecule has 5 aromatic rings. The molecule has 1 amide bonds. The van der Waals surface area contributed by atoms with Crippen LogP contribution in [0.15, 0.2) is 108 Å². The van der Waals surface area contributed by atoms with Crippen LogP contribution < -0.4 is 14.4 Å². The van der Waals surface area contributed by atoms with Crippen molar-refractivity contribution in [1.82, 2.24) is 14.6 Å². The second-order valence-corrected chi connectivity index (χ2v) is 16.6. The Hall–Kier alpha value is -4.28. The van der Waals surface area contributed by atoms with Crippen LogP contribution in [0.1, 0.15) is 49.0 Å². The highest BCUT2D eigenvalue weighted by molar-refractivity contribution is 7.90. The van der Waals surface area contributed by atoms with E-state index < -0.39 is 15.9 Å². The minimum Gasteiger partial charge on any atom is -0.456 e. The van der Waals surface area contributed by atoms with Crippen molar-refractivity contribution in [3.63, 3.8) is 0 Å². The van der Waals surface area contributed by atoms with Gasteiger partial charge in [-0.2, -0.15) is 0 Å². The van der Waals surface area contributed by atoms with E-state index >= 15 is 0 Å². The normalized spacial score (nSPS) is 16.7. The average molecular weight is 744 g/mol. The Morgan fingerprint density at radius 3 is 2.51 bits per heavy atom. The molecule has 0 radical (unpaired) electrons. The van der Waals surface area contributed by atoms with Gasteiger partial charge in [0.15, 0.2) is 0 Å². The highest BCUT2D eigenvalue weighted by atomic mass is 35.5. The van der Waals surface area contributed by atoms with Crippen LogP contribution in [0.3, 0.4) is 0 Å². The summed E-state index contributed by atoms with van der Waals surface area (Å²) in [6.07, 6.45) is 5.06. The molecular formula is C40H40Cl2N4O4S. The molecule has 7 rings (SSSR count). The molecule has 1 aliphatic carbocycles. The number of H-pyrrole nitrogens is 1. The fourth-order valence-corrected chi connectivity index (χ4v) is 8.52. The van der Waals surface area contributed by atoms with E-state index in [0.29, 0.717) is 5.75 Å². The summed E-state index contributed by atoms with van der Waals surface area (Å²) in [7, 11) is -4.19. The minimum absolute atomic E-state index is 0.0939. The maximum atomic E-state index is 13.6. The van der Waals surface area contributed by atoms with Gasteiger partial charge in [-0.1, -0.05) is 66.9 Å². The van der Waals surface area contributed by atoms with Crippen LogP contribution in [-0.2, 0) is 10.0 Å². The molecule has 8 nitrogen and oxygen atoms in total. The first-order valence-corrected chi connectivity index (χ1v) is 19.3. The molecule has 264 valence electrons. The lowest BCUT2D eigenvalue weighted by Gasteiger charge is -2.39. The van der Waals surface area contributed by atoms with Gasteiger partial charge >= 0.3 is 0 Å². The summed E-state index contributed by atoms with van der Waals surface area (Å²) in [6, 6.07) is 26.8. The lowest BCUT2D eigenvalue weighted by molar-refractivity contribution is 0.0979. The van der Waals surface area contributed by atoms with Crippen LogP contribution in [-0.4, -0.2) is 56.9 Å². The Morgan fingerprint density at radius 2 is 1.73 bits per heavy atom. The van der Waals surface area contributed by atoms with Crippen molar-refractivity contribution >= 4 is 61.3 Å². The summed E-state index contributed by atoms with van der Waals surface area (Å²) < 4.78 is 34.8. The van der Waals surface area contributed by atoms with E-state index in [9.17, 15) is 13.2 Å². The molecule has 0 spiro atoms. The van der Waals surface area contributed by atoms with Gasteiger partial charge in [0.25, 0.3) is 15.9 Å². The Labute approximate surface area is 309 Å². The number of nitrogens with zero attached hydrogens (tertiary/aromatic N) is 2. The molecule has 1 aromatic heterocycles. The monoisotopic (exact) mass is 742 g/mol. The van der Waals surface area contributed by atoms with E-state index in [-0.39, 0.29) is 26.6 Å². The molecule has 1 saturated heterocycles. The number of fused-ring (bicyclic) bond motifs is 1. The van der Waals surface area contributed by atoms with Crippen LogP contribution in [0, 0.1) is 5.41 Å². The van der Waals surface area contributed by atoms with Gasteiger partial charge < -0.3 is 14.6 Å². The van der Waals surface area contributed by atoms with Gasteiger partial charge in [-0.15, -0.1) is 0 Å². The molecule has 0 unspecified atom stereocenters. The lowest BCUT2D eigenvalue weighted by atomic mass is 9.72. The molecule has 0 atom stereocenters. The number of ether oxygens (including phenoxy) is 1. The molecule has 4 aromatic carbocycles. The quantitative estimate of drug-likeness (QED) is 0.156. The first-order valence-electron chi connectivity index (χ1n) is 17.1. The number of piperazine rings is 1. The predicted octanol–water partition coefficient (Wildman–Crippen LogP) is 9.17. The molecule has 1 fully saturated rings. The zero-order chi connectivity index (χ0) is 35.8. The topological polar surface area (TPSA) is 94.7 Å². The summed E-state index contributed by atoms with van der Waals surface area (Å²) >= 11 is 12.7. The summed E-state index contributed by atoms with van der Waals surface area (Å²) in [5.41, 5.74) is 6.15. The second-order valence-electron chi connectivity index (χ2n) is 14.1. The van der Waals surface area contributed by atoms with E-state index in [1.807, 2.05) is 54.7 Å². The third-order valence-corrected chi connectivity index (χ3v) is 11.7. The number of benzene rings is 4. The average Bonchev–Trinajstić information content (AvgIpc) is 3.57. The highest BCUT2D eigenvalue weighted by Crippen LogP contribution is 2.45. The van der Waals surface area contributed by atoms with Gasteiger partial charge in [-0.05, 0) is 96.5 Å². The van der Waals surface area contributed by atoms with Gasteiger partial charge in [-0.3, -0.25) is 9.69 Å². The van der Waals surface area contributed by atoms with Crippen LogP contribution in [0.2, 0.25) is 10.0 Å². The standard InChI is InChI=1S/C40H40Cl2N4O4S/c1-40(2)16-14-28(35(25-40)33-8-3-4-9-36(33)42)26-45-18-20-46(21-19-45)30-10-12-34(39(47)44-51(48,49)32-7-5-6-29(41)23-32)38(24-30)50-31-11-13-37-27(22-31)15-17-43-37/h3-13,15,17,22-24,43H,14,16,18-21,25-26H2,1-2H3,(H,44,47). The first-order chi connectivity index (χ1) is 24.4. The van der Waals surface area contributed by atoms with Crippen molar-refractivity contribution in [2.24, 2.45) is 5.41 Å². The maximum Gasteiger partial charge on any atom is 0.268 e. The van der Waals surface area contributed by atoms with Gasteiger partial charge in [0.2, 0.25) is 0 Å². The lowest BCUT2D eigenvalue weighted by Crippen LogP contribution is -2.47. The number of carbonyl (C=O) groups excluding carboxylic acids is 1. The number of allylic oxidation sites excluding steroid dienone is 1. The number of rotatable bonds is 9. The van der Waals surface area contributed by atoms with E-state index in [1.165, 1.54) is 29.3 Å². The third kappa shape index (κ3) is 7.97. The zero-order valence-corrected chi connectivity index (χ0v) is 30.9. The molecule has 2 heterocycles. The van der Waals surface area contributed by atoms with Crippen molar-refractivity contribution in [2.45, 2.75) is 38.0 Å². The number of aromatic amines is 1. The fourth-order valence-electron chi connectivity index (χ4n) is 7.00. The Balaban J connectivity index is 1.12. The molecule has 2 N–H and O–H groups in total. The van der Waals surface area contributed by atoms with Crippen LogP contribution in [0.5, 0.6) is 11.5 Å². The summed E-state index contributed by atoms with van der Waals surface area (Å²) in [4.78, 5) is 21.4. The van der Waals surface area contributed by atoms with E-state index in [1.54, 1.807) is 12.1 Å². The Morgan fingerprint density at radius 1 is 0.922 bits per heavy atom. The molecule has 51 heavy (non-hydrogen) atoms. The number of nitrogens with one attached hydrogen (secondary N) is 2. The molecule has 2 aliphatic rings. The number of sulfonamides is 1. The van der Waals surface area contributed by atoms with Crippen LogP contribution in [0.4, 0.5) is 5.69 Å².